The largest absolute Gasteiger partial charge is 0.351 e. The van der Waals surface area contributed by atoms with Crippen molar-refractivity contribution in [2.75, 3.05) is 6.54 Å². The summed E-state index contributed by atoms with van der Waals surface area (Å²) in [5.41, 5.74) is 6.63. The van der Waals surface area contributed by atoms with Crippen molar-refractivity contribution in [3.8, 4) is 0 Å². The molecule has 0 saturated heterocycles. The lowest BCUT2D eigenvalue weighted by Gasteiger charge is -2.26. The maximum Gasteiger partial charge on any atom is 0.220 e. The van der Waals surface area contributed by atoms with Crippen LogP contribution in [0.5, 0.6) is 0 Å². The maximum atomic E-state index is 12.0. The highest BCUT2D eigenvalue weighted by atomic mass is 35.5. The van der Waals surface area contributed by atoms with Gasteiger partial charge in [-0.15, -0.1) is 12.4 Å². The fourth-order valence-electron chi connectivity index (χ4n) is 2.39. The number of hydrogen-bond acceptors (Lipinski definition) is 2. The number of aryl methyl sites for hydroxylation is 1. The van der Waals surface area contributed by atoms with Crippen LogP contribution in [0.4, 0.5) is 0 Å². The molecule has 0 radical (unpaired) electrons. The lowest BCUT2D eigenvalue weighted by atomic mass is 9.95. The van der Waals surface area contributed by atoms with E-state index in [0.29, 0.717) is 6.42 Å². The Kier molecular flexibility index (Phi) is 10.9. The van der Waals surface area contributed by atoms with Crippen molar-refractivity contribution in [3.63, 3.8) is 0 Å². The highest BCUT2D eigenvalue weighted by Gasteiger charge is 2.19. The minimum Gasteiger partial charge on any atom is -0.351 e. The number of hydrogen-bond donors (Lipinski definition) is 2. The van der Waals surface area contributed by atoms with Crippen molar-refractivity contribution in [2.24, 2.45) is 5.73 Å². The zero-order valence-electron chi connectivity index (χ0n) is 13.9. The van der Waals surface area contributed by atoms with Crippen molar-refractivity contribution in [3.05, 3.63) is 35.9 Å². The molecule has 4 heteroatoms. The Bertz CT molecular complexity index is 407. The van der Waals surface area contributed by atoms with Crippen LogP contribution in [0.15, 0.2) is 30.3 Å². The van der Waals surface area contributed by atoms with Gasteiger partial charge in [0.2, 0.25) is 5.91 Å². The van der Waals surface area contributed by atoms with Gasteiger partial charge in [0.15, 0.2) is 0 Å². The Morgan fingerprint density at radius 2 is 1.73 bits per heavy atom. The van der Waals surface area contributed by atoms with Crippen LogP contribution in [0.2, 0.25) is 0 Å². The van der Waals surface area contributed by atoms with E-state index in [1.165, 1.54) is 5.56 Å². The van der Waals surface area contributed by atoms with Crippen LogP contribution < -0.4 is 11.1 Å². The van der Waals surface area contributed by atoms with Crippen molar-refractivity contribution in [2.45, 2.75) is 64.3 Å². The molecule has 0 saturated carbocycles. The molecule has 3 N–H and O–H groups in total. The molecule has 1 rings (SSSR count). The Morgan fingerprint density at radius 1 is 1.09 bits per heavy atom. The average Bonchev–Trinajstić information content (AvgIpc) is 2.46. The molecule has 0 aliphatic heterocycles. The normalized spacial score (nSPS) is 10.9. The molecule has 0 spiro atoms. The van der Waals surface area contributed by atoms with Gasteiger partial charge in [0.05, 0.1) is 0 Å². The molecule has 0 bridgehead atoms. The molecule has 0 unspecified atom stereocenters. The SMILES string of the molecule is CC(C)(CCc1ccccc1)NC(=O)CCCCCCN.Cl. The second-order valence-corrected chi connectivity index (χ2v) is 6.37. The van der Waals surface area contributed by atoms with Gasteiger partial charge in [-0.3, -0.25) is 4.79 Å². The Morgan fingerprint density at radius 3 is 2.36 bits per heavy atom. The van der Waals surface area contributed by atoms with Gasteiger partial charge in [0, 0.05) is 12.0 Å². The summed E-state index contributed by atoms with van der Waals surface area (Å²) in [7, 11) is 0. The van der Waals surface area contributed by atoms with Crippen LogP contribution in [-0.2, 0) is 11.2 Å². The van der Waals surface area contributed by atoms with E-state index in [0.717, 1.165) is 45.1 Å². The highest BCUT2D eigenvalue weighted by molar-refractivity contribution is 5.85. The fraction of sp³-hybridized carbons (Fsp3) is 0.611. The van der Waals surface area contributed by atoms with Gasteiger partial charge in [-0.2, -0.15) is 0 Å². The number of halogens is 1. The van der Waals surface area contributed by atoms with E-state index in [1.54, 1.807) is 0 Å². The van der Waals surface area contributed by atoms with Crippen LogP contribution in [0, 0.1) is 0 Å². The van der Waals surface area contributed by atoms with Crippen LogP contribution in [0.25, 0.3) is 0 Å². The molecule has 1 aromatic carbocycles. The molecule has 0 atom stereocenters. The van der Waals surface area contributed by atoms with Gasteiger partial charge in [-0.1, -0.05) is 43.2 Å². The number of nitrogens with one attached hydrogen (secondary N) is 1. The van der Waals surface area contributed by atoms with Crippen molar-refractivity contribution < 1.29 is 4.79 Å². The first-order chi connectivity index (χ1) is 10.0. The van der Waals surface area contributed by atoms with Gasteiger partial charge >= 0.3 is 0 Å². The first kappa shape index (κ1) is 20.9. The smallest absolute Gasteiger partial charge is 0.220 e. The molecule has 1 aromatic rings. The minimum atomic E-state index is -0.149. The second-order valence-electron chi connectivity index (χ2n) is 6.37. The Labute approximate surface area is 141 Å². The number of nitrogens with two attached hydrogens (primary N) is 1. The number of amides is 1. The summed E-state index contributed by atoms with van der Waals surface area (Å²) in [5, 5.41) is 3.15. The third kappa shape index (κ3) is 9.80. The van der Waals surface area contributed by atoms with Gasteiger partial charge < -0.3 is 11.1 Å². The standard InChI is InChI=1S/C18H30N2O.ClH/c1-18(2,14-13-16-10-6-5-7-11-16)20-17(21)12-8-3-4-9-15-19;/h5-7,10-11H,3-4,8-9,12-15,19H2,1-2H3,(H,20,21);1H. The fourth-order valence-corrected chi connectivity index (χ4v) is 2.39. The molecule has 126 valence electrons. The lowest BCUT2D eigenvalue weighted by Crippen LogP contribution is -2.43. The van der Waals surface area contributed by atoms with Crippen molar-refractivity contribution in [1.29, 1.82) is 0 Å². The molecule has 0 aromatic heterocycles. The third-order valence-corrected chi connectivity index (χ3v) is 3.72. The number of carbonyl (C=O) groups is 1. The van der Waals surface area contributed by atoms with Gasteiger partial charge in [-0.05, 0) is 51.6 Å². The van der Waals surface area contributed by atoms with Crippen LogP contribution >= 0.6 is 12.4 Å². The number of rotatable bonds is 10. The van der Waals surface area contributed by atoms with E-state index < -0.39 is 0 Å². The topological polar surface area (TPSA) is 55.1 Å². The summed E-state index contributed by atoms with van der Waals surface area (Å²) in [5.74, 6) is 0.167. The number of carbonyl (C=O) groups excluding carboxylic acids is 1. The molecule has 0 heterocycles. The highest BCUT2D eigenvalue weighted by Crippen LogP contribution is 2.14. The van der Waals surface area contributed by atoms with E-state index in [9.17, 15) is 4.79 Å². The summed E-state index contributed by atoms with van der Waals surface area (Å²) in [6.07, 6.45) is 6.81. The monoisotopic (exact) mass is 326 g/mol. The van der Waals surface area contributed by atoms with Crippen LogP contribution in [-0.4, -0.2) is 18.0 Å². The second kappa shape index (κ2) is 11.5. The number of unbranched alkanes of at least 4 members (excludes halogenated alkanes) is 3. The van der Waals surface area contributed by atoms with Crippen molar-refractivity contribution in [1.82, 2.24) is 5.32 Å². The summed E-state index contributed by atoms with van der Waals surface area (Å²) in [6.45, 7) is 4.95. The molecule has 22 heavy (non-hydrogen) atoms. The van der Waals surface area contributed by atoms with Gasteiger partial charge in [0.25, 0.3) is 0 Å². The number of benzene rings is 1. The molecule has 0 fully saturated rings. The first-order valence-corrected chi connectivity index (χ1v) is 8.08. The van der Waals surface area contributed by atoms with Gasteiger partial charge in [0.1, 0.15) is 0 Å². The molecular formula is C18H31ClN2O. The quantitative estimate of drug-likeness (QED) is 0.642. The lowest BCUT2D eigenvalue weighted by molar-refractivity contribution is -0.122. The summed E-state index contributed by atoms with van der Waals surface area (Å²) >= 11 is 0. The first-order valence-electron chi connectivity index (χ1n) is 8.08. The van der Waals surface area contributed by atoms with Crippen LogP contribution in [0.1, 0.15) is 57.9 Å². The molecule has 0 aliphatic rings. The van der Waals surface area contributed by atoms with Crippen LogP contribution in [0.3, 0.4) is 0 Å². The zero-order chi connectivity index (χ0) is 15.6. The van der Waals surface area contributed by atoms with E-state index >= 15 is 0 Å². The van der Waals surface area contributed by atoms with E-state index in [4.69, 9.17) is 5.73 Å². The van der Waals surface area contributed by atoms with E-state index in [2.05, 4.69) is 43.4 Å². The summed E-state index contributed by atoms with van der Waals surface area (Å²) in [4.78, 5) is 12.0. The molecule has 1 amide bonds. The maximum absolute atomic E-state index is 12.0. The predicted octanol–water partition coefficient (Wildman–Crippen LogP) is 3.85. The average molecular weight is 327 g/mol. The zero-order valence-corrected chi connectivity index (χ0v) is 14.8. The Hall–Kier alpha value is -1.06. The summed E-state index contributed by atoms with van der Waals surface area (Å²) < 4.78 is 0. The third-order valence-electron chi connectivity index (χ3n) is 3.72. The molecule has 0 aliphatic carbocycles. The Balaban J connectivity index is 0.00000441. The predicted molar refractivity (Wildman–Crippen MR) is 96.4 cm³/mol. The summed E-state index contributed by atoms with van der Waals surface area (Å²) in [6, 6.07) is 10.4. The minimum absolute atomic E-state index is 0. The van der Waals surface area contributed by atoms with Crippen molar-refractivity contribution >= 4 is 18.3 Å². The van der Waals surface area contributed by atoms with Gasteiger partial charge in [-0.25, -0.2) is 0 Å². The van der Waals surface area contributed by atoms with E-state index in [-0.39, 0.29) is 23.9 Å². The molecular weight excluding hydrogens is 296 g/mol. The van der Waals surface area contributed by atoms with E-state index in [1.807, 2.05) is 6.07 Å². The molecule has 3 nitrogen and oxygen atoms in total.